The second-order valence-electron chi connectivity index (χ2n) is 4.90. The van der Waals surface area contributed by atoms with Crippen molar-refractivity contribution in [2.45, 2.75) is 13.8 Å². The third-order valence-corrected chi connectivity index (χ3v) is 4.94. The highest BCUT2D eigenvalue weighted by molar-refractivity contribution is 7.00. The molecule has 0 saturated heterocycles. The van der Waals surface area contributed by atoms with Crippen LogP contribution in [-0.4, -0.2) is 17.5 Å². The molecule has 8 heteroatoms. The minimum absolute atomic E-state index is 0.490. The number of nitrogens with zero attached hydrogens (tertiary/aromatic N) is 6. The largest absolute Gasteiger partial charge is 0.192 e. The van der Waals surface area contributed by atoms with E-state index in [-0.39, 0.29) is 0 Å². The first kappa shape index (κ1) is 13.0. The molecule has 0 atom stereocenters. The van der Waals surface area contributed by atoms with Crippen LogP contribution in [0.15, 0.2) is 0 Å². The Balaban J connectivity index is 2.53. The van der Waals surface area contributed by atoms with Crippen molar-refractivity contribution in [1.82, 2.24) is 17.5 Å². The van der Waals surface area contributed by atoms with Crippen LogP contribution >= 0.6 is 23.5 Å². The molecule has 4 rings (SSSR count). The van der Waals surface area contributed by atoms with Gasteiger partial charge in [0, 0.05) is 10.8 Å². The van der Waals surface area contributed by atoms with Crippen LogP contribution in [0.2, 0.25) is 0 Å². The second kappa shape index (κ2) is 4.41. The maximum absolute atomic E-state index is 9.62. The van der Waals surface area contributed by atoms with E-state index in [0.717, 1.165) is 34.6 Å². The minimum atomic E-state index is 0.490. The normalized spacial score (nSPS) is 11.1. The van der Waals surface area contributed by atoms with Crippen LogP contribution in [0.25, 0.3) is 32.8 Å². The quantitative estimate of drug-likeness (QED) is 0.493. The molecule has 0 aliphatic rings. The van der Waals surface area contributed by atoms with Crippen LogP contribution in [0.3, 0.4) is 0 Å². The zero-order valence-electron chi connectivity index (χ0n) is 11.5. The first-order valence-electron chi connectivity index (χ1n) is 6.32. The molecule has 0 unspecified atom stereocenters. The maximum Gasteiger partial charge on any atom is 0.114 e. The molecule has 6 nitrogen and oxygen atoms in total. The smallest absolute Gasteiger partial charge is 0.114 e. The van der Waals surface area contributed by atoms with E-state index >= 15 is 0 Å². The number of aryl methyl sites for hydroxylation is 2. The summed E-state index contributed by atoms with van der Waals surface area (Å²) in [7, 11) is 0. The summed E-state index contributed by atoms with van der Waals surface area (Å²) in [5.74, 6) is 0. The molecule has 22 heavy (non-hydrogen) atoms. The van der Waals surface area contributed by atoms with E-state index in [9.17, 15) is 10.5 Å². The molecule has 0 radical (unpaired) electrons. The molecule has 104 valence electrons. The van der Waals surface area contributed by atoms with Gasteiger partial charge in [-0.05, 0) is 25.0 Å². The van der Waals surface area contributed by atoms with Gasteiger partial charge in [0.1, 0.15) is 34.2 Å². The molecule has 4 aromatic rings. The van der Waals surface area contributed by atoms with Gasteiger partial charge >= 0.3 is 0 Å². The first-order chi connectivity index (χ1) is 10.7. The summed E-state index contributed by atoms with van der Waals surface area (Å²) in [5, 5.41) is 20.6. The molecular weight excluding hydrogens is 316 g/mol. The van der Waals surface area contributed by atoms with Gasteiger partial charge in [-0.25, -0.2) is 0 Å². The third kappa shape index (κ3) is 1.40. The summed E-state index contributed by atoms with van der Waals surface area (Å²) in [6, 6.07) is 4.47. The van der Waals surface area contributed by atoms with Gasteiger partial charge in [0.2, 0.25) is 0 Å². The summed E-state index contributed by atoms with van der Waals surface area (Å²) >= 11 is 2.16. The average molecular weight is 322 g/mol. The van der Waals surface area contributed by atoms with Crippen LogP contribution < -0.4 is 0 Å². The molecule has 0 amide bonds. The Morgan fingerprint density at radius 2 is 1.05 bits per heavy atom. The van der Waals surface area contributed by atoms with E-state index in [2.05, 4.69) is 29.6 Å². The molecule has 0 N–H and O–H groups in total. The summed E-state index contributed by atoms with van der Waals surface area (Å²) in [6.07, 6.45) is 0. The Bertz CT molecular complexity index is 1080. The van der Waals surface area contributed by atoms with Gasteiger partial charge < -0.3 is 0 Å². The van der Waals surface area contributed by atoms with Crippen LogP contribution in [0, 0.1) is 36.5 Å². The van der Waals surface area contributed by atoms with Crippen molar-refractivity contribution >= 4 is 56.3 Å². The zero-order chi connectivity index (χ0) is 15.4. The summed E-state index contributed by atoms with van der Waals surface area (Å²) in [6.45, 7) is 3.69. The van der Waals surface area contributed by atoms with E-state index in [4.69, 9.17) is 0 Å². The van der Waals surface area contributed by atoms with Crippen LogP contribution in [0.4, 0.5) is 0 Å². The fraction of sp³-hybridized carbons (Fsp3) is 0.143. The summed E-state index contributed by atoms with van der Waals surface area (Å²) in [4.78, 5) is 0. The number of hydrogen-bond acceptors (Lipinski definition) is 8. The first-order valence-corrected chi connectivity index (χ1v) is 7.78. The van der Waals surface area contributed by atoms with Crippen LogP contribution in [-0.2, 0) is 0 Å². The Hall–Kier alpha value is -2.68. The average Bonchev–Trinajstić information content (AvgIpc) is 3.17. The highest BCUT2D eigenvalue weighted by atomic mass is 32.1. The Labute approximate surface area is 132 Å². The molecule has 2 aromatic carbocycles. The monoisotopic (exact) mass is 322 g/mol. The van der Waals surface area contributed by atoms with Gasteiger partial charge in [0.25, 0.3) is 0 Å². The number of rotatable bonds is 0. The van der Waals surface area contributed by atoms with E-state index in [0.29, 0.717) is 44.0 Å². The molecule has 2 heterocycles. The van der Waals surface area contributed by atoms with Crippen molar-refractivity contribution in [2.75, 3.05) is 0 Å². The summed E-state index contributed by atoms with van der Waals surface area (Å²) < 4.78 is 17.3. The van der Waals surface area contributed by atoms with Crippen molar-refractivity contribution < 1.29 is 0 Å². The van der Waals surface area contributed by atoms with Gasteiger partial charge in [-0.15, -0.1) is 0 Å². The third-order valence-electron chi connectivity index (χ3n) is 3.88. The number of hydrogen-bond donors (Lipinski definition) is 0. The molecule has 0 aliphatic heterocycles. The molecule has 0 spiro atoms. The highest BCUT2D eigenvalue weighted by Crippen LogP contribution is 2.39. The number of nitriles is 2. The standard InChI is InChI=1S/C14H6N6S2/c1-5-7(3-15)9-10(13-11(5)17-21-19-13)8(4-16)6(2)12-14(9)20-22-18-12/h1-2H3. The lowest BCUT2D eigenvalue weighted by Crippen LogP contribution is -1.96. The Kier molecular flexibility index (Phi) is 2.61. The van der Waals surface area contributed by atoms with Gasteiger partial charge in [-0.2, -0.15) is 28.0 Å². The summed E-state index contributed by atoms with van der Waals surface area (Å²) in [5.41, 5.74) is 5.17. The number of fused-ring (bicyclic) bond motifs is 5. The molecule has 0 saturated carbocycles. The maximum atomic E-state index is 9.62. The zero-order valence-corrected chi connectivity index (χ0v) is 13.1. The van der Waals surface area contributed by atoms with Gasteiger partial charge in [0.05, 0.1) is 34.6 Å². The van der Waals surface area contributed by atoms with Gasteiger partial charge in [0.15, 0.2) is 0 Å². The fourth-order valence-electron chi connectivity index (χ4n) is 2.81. The molecule has 0 fully saturated rings. The predicted molar refractivity (Wildman–Crippen MR) is 84.8 cm³/mol. The topological polar surface area (TPSA) is 99.1 Å². The van der Waals surface area contributed by atoms with Crippen molar-refractivity contribution in [3.05, 3.63) is 22.3 Å². The van der Waals surface area contributed by atoms with Crippen molar-refractivity contribution in [2.24, 2.45) is 0 Å². The van der Waals surface area contributed by atoms with Crippen LogP contribution in [0.1, 0.15) is 22.3 Å². The number of benzene rings is 2. The molecule has 0 aliphatic carbocycles. The predicted octanol–water partition coefficient (Wildman–Crippen LogP) is 3.21. The molecule has 0 bridgehead atoms. The van der Waals surface area contributed by atoms with E-state index in [1.54, 1.807) is 0 Å². The van der Waals surface area contributed by atoms with E-state index in [1.807, 2.05) is 13.8 Å². The van der Waals surface area contributed by atoms with Gasteiger partial charge in [-0.3, -0.25) is 0 Å². The molecular formula is C14H6N6S2. The van der Waals surface area contributed by atoms with Gasteiger partial charge in [-0.1, -0.05) is 0 Å². The highest BCUT2D eigenvalue weighted by Gasteiger charge is 2.23. The Morgan fingerprint density at radius 3 is 1.41 bits per heavy atom. The lowest BCUT2D eigenvalue weighted by molar-refractivity contribution is 1.41. The minimum Gasteiger partial charge on any atom is -0.192 e. The second-order valence-corrected chi connectivity index (χ2v) is 5.95. The fourth-order valence-corrected chi connectivity index (χ4v) is 4.02. The van der Waals surface area contributed by atoms with Crippen LogP contribution in [0.5, 0.6) is 0 Å². The van der Waals surface area contributed by atoms with Crippen molar-refractivity contribution in [3.8, 4) is 12.1 Å². The van der Waals surface area contributed by atoms with E-state index < -0.39 is 0 Å². The lowest BCUT2D eigenvalue weighted by atomic mass is 9.91. The molecule has 2 aromatic heterocycles. The Morgan fingerprint density at radius 1 is 0.682 bits per heavy atom. The van der Waals surface area contributed by atoms with Crippen molar-refractivity contribution in [3.63, 3.8) is 0 Å². The number of aromatic nitrogens is 4. The van der Waals surface area contributed by atoms with Crippen molar-refractivity contribution in [1.29, 1.82) is 10.5 Å². The SMILES string of the molecule is Cc1c(C#N)c2c3nsnc3c(C)c(C#N)c2c2nsnc12. The lowest BCUT2D eigenvalue weighted by Gasteiger charge is -2.09. The van der Waals surface area contributed by atoms with E-state index in [1.165, 1.54) is 0 Å².